The summed E-state index contributed by atoms with van der Waals surface area (Å²) in [5.74, 6) is -2.53. The summed E-state index contributed by atoms with van der Waals surface area (Å²) >= 11 is 0. The van der Waals surface area contributed by atoms with E-state index in [0.717, 1.165) is 19.1 Å². The lowest BCUT2D eigenvalue weighted by Crippen LogP contribution is -2.61. The first-order valence-electron chi connectivity index (χ1n) is 10.4. The van der Waals surface area contributed by atoms with E-state index >= 15 is 0 Å². The maximum absolute atomic E-state index is 11.5. The molecule has 1 aliphatic rings. The van der Waals surface area contributed by atoms with E-state index in [-0.39, 0.29) is 39.5 Å². The highest BCUT2D eigenvalue weighted by Gasteiger charge is 2.48. The summed E-state index contributed by atoms with van der Waals surface area (Å²) in [7, 11) is 0. The second-order valence-electron chi connectivity index (χ2n) is 7.92. The van der Waals surface area contributed by atoms with Crippen molar-refractivity contribution in [1.82, 2.24) is 0 Å². The predicted octanol–water partition coefficient (Wildman–Crippen LogP) is 0.953. The number of phenols is 4. The fourth-order valence-electron chi connectivity index (χ4n) is 3.74. The summed E-state index contributed by atoms with van der Waals surface area (Å²) < 4.78 is 22.1. The molecule has 186 valence electrons. The molecule has 4 rings (SSSR count). The van der Waals surface area contributed by atoms with Crippen LogP contribution in [0.25, 0.3) is 22.3 Å². The molecule has 12 nitrogen and oxygen atoms in total. The average molecular weight is 491 g/mol. The fraction of sp³-hybridized carbons (Fsp3) is 0.304. The van der Waals surface area contributed by atoms with Crippen LogP contribution in [0.4, 0.5) is 0 Å². The van der Waals surface area contributed by atoms with E-state index in [0.29, 0.717) is 0 Å². The monoisotopic (exact) mass is 491 g/mol. The van der Waals surface area contributed by atoms with E-state index in [9.17, 15) is 40.5 Å². The van der Waals surface area contributed by atoms with E-state index in [1.54, 1.807) is 0 Å². The molecule has 5 atom stereocenters. The number of esters is 1. The van der Waals surface area contributed by atoms with Crippen molar-refractivity contribution in [2.45, 2.75) is 37.6 Å². The van der Waals surface area contributed by atoms with Crippen molar-refractivity contribution in [2.75, 3.05) is 6.61 Å². The largest absolute Gasteiger partial charge is 0.507 e. The molecule has 12 heteroatoms. The second-order valence-corrected chi connectivity index (χ2v) is 7.92. The summed E-state index contributed by atoms with van der Waals surface area (Å²) in [5, 5.41) is 70.4. The van der Waals surface area contributed by atoms with Crippen LogP contribution < -0.4 is 4.74 Å². The molecule has 0 unspecified atom stereocenters. The first kappa shape index (κ1) is 24.3. The summed E-state index contributed by atoms with van der Waals surface area (Å²) in [5.41, 5.74) is 0.226. The van der Waals surface area contributed by atoms with Gasteiger partial charge >= 0.3 is 17.3 Å². The van der Waals surface area contributed by atoms with Crippen LogP contribution in [0.5, 0.6) is 28.7 Å². The van der Waals surface area contributed by atoms with Crippen molar-refractivity contribution < 1.29 is 59.2 Å². The van der Waals surface area contributed by atoms with E-state index in [1.165, 1.54) is 24.3 Å². The molecule has 0 bridgehead atoms. The molecule has 2 heterocycles. The number of fused-ring (bicyclic) bond motifs is 1. The van der Waals surface area contributed by atoms with Gasteiger partial charge in [0, 0.05) is 25.1 Å². The third kappa shape index (κ3) is 4.72. The van der Waals surface area contributed by atoms with Gasteiger partial charge in [0.1, 0.15) is 29.1 Å². The van der Waals surface area contributed by atoms with Crippen LogP contribution in [0, 0.1) is 0 Å². The van der Waals surface area contributed by atoms with E-state index in [4.69, 9.17) is 18.6 Å². The molecule has 0 radical (unpaired) electrons. The van der Waals surface area contributed by atoms with Crippen molar-refractivity contribution in [2.24, 2.45) is 0 Å². The van der Waals surface area contributed by atoms with Gasteiger partial charge in [0.25, 0.3) is 0 Å². The van der Waals surface area contributed by atoms with Crippen LogP contribution in [-0.4, -0.2) is 79.0 Å². The van der Waals surface area contributed by atoms with Crippen molar-refractivity contribution in [3.8, 4) is 40.1 Å². The third-order valence-electron chi connectivity index (χ3n) is 5.42. The van der Waals surface area contributed by atoms with Crippen LogP contribution in [-0.2, 0) is 14.3 Å². The zero-order valence-corrected chi connectivity index (χ0v) is 18.2. The maximum Gasteiger partial charge on any atom is 0.402 e. The van der Waals surface area contributed by atoms with Crippen LogP contribution in [0.15, 0.2) is 40.8 Å². The number of carbonyl (C=O) groups is 1. The van der Waals surface area contributed by atoms with Gasteiger partial charge in [-0.25, -0.2) is 4.42 Å². The number of hydrogen-bond donors (Lipinski definition) is 7. The number of benzene rings is 2. The van der Waals surface area contributed by atoms with Gasteiger partial charge in [-0.15, -0.1) is 0 Å². The number of carbonyl (C=O) groups excluding carboxylic acids is 1. The Labute approximate surface area is 197 Å². The first-order chi connectivity index (χ1) is 16.6. The quantitative estimate of drug-likeness (QED) is 0.152. The summed E-state index contributed by atoms with van der Waals surface area (Å²) in [4.78, 5) is 11.5. The average Bonchev–Trinajstić information content (AvgIpc) is 2.80. The molecule has 1 fully saturated rings. The minimum absolute atomic E-state index is 0.0315. The van der Waals surface area contributed by atoms with Crippen molar-refractivity contribution >= 4 is 16.9 Å². The molecule has 3 aromatic rings. The molecule has 1 aromatic heterocycles. The fourth-order valence-corrected chi connectivity index (χ4v) is 3.74. The van der Waals surface area contributed by atoms with E-state index < -0.39 is 54.8 Å². The summed E-state index contributed by atoms with van der Waals surface area (Å²) in [6.07, 6.45) is -7.62. The molecule has 2 aromatic carbocycles. The van der Waals surface area contributed by atoms with E-state index in [1.807, 2.05) is 0 Å². The van der Waals surface area contributed by atoms with Gasteiger partial charge in [0.15, 0.2) is 23.7 Å². The van der Waals surface area contributed by atoms with Gasteiger partial charge in [-0.3, -0.25) is 4.79 Å². The van der Waals surface area contributed by atoms with Crippen LogP contribution in [0.2, 0.25) is 0 Å². The molecule has 0 aliphatic carbocycles. The number of aliphatic hydroxyl groups excluding tert-OH is 3. The number of phenolic OH excluding ortho intramolecular Hbond substituents is 4. The Balaban J connectivity index is 1.82. The summed E-state index contributed by atoms with van der Waals surface area (Å²) in [6.45, 7) is 0.390. The number of aliphatic hydroxyl groups is 3. The molecule has 1 aliphatic heterocycles. The Morgan fingerprint density at radius 1 is 1.00 bits per heavy atom. The standard InChI is InChI=1S/C23H22O12/c1-9(25)32-22-19(30)18(8-24)35-23(20(22)31)34-17-7-12-14(28)5-11(26)6-16(12)33-21(17)10-2-3-13(27)15(29)4-10/h2-7,18-20,22-24,30-31H,8H2,1H3,(H3-,26,27,28,29)/p+1/t18-,19-,20-,22+,23-/m1/s1. The van der Waals surface area contributed by atoms with Gasteiger partial charge < -0.3 is 50.0 Å². The number of rotatable bonds is 5. The third-order valence-corrected chi connectivity index (χ3v) is 5.42. The molecular formula is C23H23O12+. The Bertz CT molecular complexity index is 1260. The lowest BCUT2D eigenvalue weighted by molar-refractivity contribution is -0.281. The molecule has 0 spiro atoms. The van der Waals surface area contributed by atoms with Crippen LogP contribution >= 0.6 is 0 Å². The predicted molar refractivity (Wildman–Crippen MR) is 117 cm³/mol. The zero-order valence-electron chi connectivity index (χ0n) is 18.2. The Morgan fingerprint density at radius 3 is 2.40 bits per heavy atom. The molecule has 0 saturated carbocycles. The lowest BCUT2D eigenvalue weighted by Gasteiger charge is -2.40. The van der Waals surface area contributed by atoms with Gasteiger partial charge in [0.2, 0.25) is 12.0 Å². The zero-order chi connectivity index (χ0) is 25.4. The number of hydrogen-bond acceptors (Lipinski definition) is 11. The Morgan fingerprint density at radius 2 is 1.74 bits per heavy atom. The van der Waals surface area contributed by atoms with Crippen molar-refractivity contribution in [3.05, 3.63) is 36.4 Å². The SMILES string of the molecule is CC(=O)O[C@@H]1[C@@H](O)[C@H](Oc2cc3c(O)cc(O)cc3[o+]c2-c2ccc(O)c(O)c2)O[C@H](CO)[C@H]1O. The minimum atomic E-state index is -1.71. The highest BCUT2D eigenvalue weighted by molar-refractivity contribution is 5.88. The Hall–Kier alpha value is -3.84. The smallest absolute Gasteiger partial charge is 0.402 e. The molecule has 7 N–H and O–H groups in total. The molecule has 1 saturated heterocycles. The van der Waals surface area contributed by atoms with Gasteiger partial charge in [-0.2, -0.15) is 0 Å². The highest BCUT2D eigenvalue weighted by atomic mass is 16.7. The van der Waals surface area contributed by atoms with Crippen LogP contribution in [0.3, 0.4) is 0 Å². The molecule has 0 amide bonds. The molecular weight excluding hydrogens is 468 g/mol. The Kier molecular flexibility index (Phi) is 6.54. The maximum atomic E-state index is 11.5. The van der Waals surface area contributed by atoms with Gasteiger partial charge in [-0.05, 0) is 12.1 Å². The number of aromatic hydroxyl groups is 4. The molecule has 35 heavy (non-hydrogen) atoms. The van der Waals surface area contributed by atoms with Gasteiger partial charge in [-0.1, -0.05) is 0 Å². The minimum Gasteiger partial charge on any atom is -0.507 e. The number of ether oxygens (including phenoxy) is 3. The highest BCUT2D eigenvalue weighted by Crippen LogP contribution is 2.42. The van der Waals surface area contributed by atoms with E-state index in [2.05, 4.69) is 0 Å². The normalized spacial score (nSPS) is 24.3. The van der Waals surface area contributed by atoms with Crippen LogP contribution in [0.1, 0.15) is 6.92 Å². The summed E-state index contributed by atoms with van der Waals surface area (Å²) in [6, 6.07) is 7.33. The topological polar surface area (TPSA) is 198 Å². The lowest BCUT2D eigenvalue weighted by atomic mass is 9.99. The first-order valence-corrected chi connectivity index (χ1v) is 10.4. The van der Waals surface area contributed by atoms with Crippen molar-refractivity contribution in [1.29, 1.82) is 0 Å². The van der Waals surface area contributed by atoms with Gasteiger partial charge in [0.05, 0.1) is 18.2 Å². The second kappa shape index (κ2) is 9.43. The van der Waals surface area contributed by atoms with Crippen molar-refractivity contribution in [3.63, 3.8) is 0 Å².